The van der Waals surface area contributed by atoms with Crippen LogP contribution in [0, 0.1) is 5.92 Å². The number of piperidine rings is 1. The van der Waals surface area contributed by atoms with Crippen molar-refractivity contribution >= 4 is 35.3 Å². The van der Waals surface area contributed by atoms with Crippen LogP contribution in [0.3, 0.4) is 0 Å². The van der Waals surface area contributed by atoms with E-state index in [1.165, 1.54) is 4.90 Å². The van der Waals surface area contributed by atoms with E-state index in [0.29, 0.717) is 37.3 Å². The van der Waals surface area contributed by atoms with Crippen molar-refractivity contribution in [3.63, 3.8) is 0 Å². The van der Waals surface area contributed by atoms with Crippen LogP contribution in [0.5, 0.6) is 0 Å². The van der Waals surface area contributed by atoms with E-state index in [2.05, 4.69) is 5.32 Å². The molecule has 2 aromatic rings. The number of aliphatic carboxylic acids is 1. The minimum Gasteiger partial charge on any atom is -0.481 e. The van der Waals surface area contributed by atoms with Gasteiger partial charge in [0.1, 0.15) is 11.8 Å². The number of carbonyl (C=O) groups excluding carboxylic acids is 3. The summed E-state index contributed by atoms with van der Waals surface area (Å²) >= 11 is 6.16. The highest BCUT2D eigenvalue weighted by Crippen LogP contribution is 2.41. The molecule has 0 bridgehead atoms. The number of nitrogens with one attached hydrogen (secondary N) is 1. The molecular weight excluding hydrogens is 596 g/mol. The zero-order valence-electron chi connectivity index (χ0n) is 26.1. The quantitative estimate of drug-likeness (QED) is 0.382. The van der Waals surface area contributed by atoms with Crippen molar-refractivity contribution in [1.82, 2.24) is 15.1 Å². The summed E-state index contributed by atoms with van der Waals surface area (Å²) in [6.07, 6.45) is 2.85. The Balaban J connectivity index is 1.44. The molecule has 2 aliphatic heterocycles. The molecular formula is C34H43ClN4O6. The van der Waals surface area contributed by atoms with E-state index >= 15 is 0 Å². The number of ether oxygens (including phenoxy) is 1. The molecule has 242 valence electrons. The molecule has 2 fully saturated rings. The standard InChI is InChI=1S/C34H43ClN4O6/c1-21(36)31(43)39-28(19-45-33(39,2)3)30(42)37-34(18-22-9-12-24(35)13-10-22)15-6-16-38(20-34)32(44)27(17-29(40)41)26-14-11-23-7-4-5-8-25(23)26/h4-5,7-10,12-13,21,26-28H,6,11,14-20,36H2,1-3H3,(H,37,42)(H,40,41)/t21?,26-,27?,28?,34?/m1/s1. The van der Waals surface area contributed by atoms with Crippen molar-refractivity contribution in [2.24, 2.45) is 11.7 Å². The van der Waals surface area contributed by atoms with Crippen LogP contribution in [-0.2, 0) is 36.8 Å². The van der Waals surface area contributed by atoms with Gasteiger partial charge in [-0.3, -0.25) is 24.1 Å². The summed E-state index contributed by atoms with van der Waals surface area (Å²) in [7, 11) is 0. The van der Waals surface area contributed by atoms with Crippen LogP contribution in [0.1, 0.15) is 69.1 Å². The maximum Gasteiger partial charge on any atom is 0.304 e. The van der Waals surface area contributed by atoms with E-state index in [4.69, 9.17) is 22.1 Å². The number of likely N-dealkylation sites (tertiary alicyclic amines) is 1. The number of amides is 3. The first-order valence-electron chi connectivity index (χ1n) is 15.7. The highest BCUT2D eigenvalue weighted by Gasteiger charge is 2.50. The Labute approximate surface area is 269 Å². The van der Waals surface area contributed by atoms with Crippen LogP contribution in [0.4, 0.5) is 0 Å². The number of halogens is 1. The SMILES string of the molecule is CC(N)C(=O)N1C(C(=O)NC2(Cc3ccc(Cl)cc3)CCCN(C(=O)C(CC(=O)O)[C@@H]3CCc4ccccc43)C2)COC1(C)C. The minimum absolute atomic E-state index is 0.0126. The summed E-state index contributed by atoms with van der Waals surface area (Å²) in [6.45, 7) is 5.70. The highest BCUT2D eigenvalue weighted by atomic mass is 35.5. The van der Waals surface area contributed by atoms with E-state index in [1.807, 2.05) is 36.4 Å². The van der Waals surface area contributed by atoms with Gasteiger partial charge >= 0.3 is 5.97 Å². The van der Waals surface area contributed by atoms with Crippen LogP contribution in [-0.4, -0.2) is 81.6 Å². The van der Waals surface area contributed by atoms with Gasteiger partial charge in [0.2, 0.25) is 17.7 Å². The van der Waals surface area contributed by atoms with Crippen molar-refractivity contribution in [1.29, 1.82) is 0 Å². The summed E-state index contributed by atoms with van der Waals surface area (Å²) in [4.78, 5) is 56.7. The molecule has 45 heavy (non-hydrogen) atoms. The van der Waals surface area contributed by atoms with Gasteiger partial charge in [-0.05, 0) is 87.6 Å². The molecule has 4 N–H and O–H groups in total. The first kappa shape index (κ1) is 32.9. The first-order chi connectivity index (χ1) is 21.3. The maximum atomic E-state index is 14.3. The van der Waals surface area contributed by atoms with Crippen molar-refractivity contribution in [2.75, 3.05) is 19.7 Å². The van der Waals surface area contributed by atoms with Gasteiger partial charge in [0, 0.05) is 18.1 Å². The lowest BCUT2D eigenvalue weighted by atomic mass is 9.80. The summed E-state index contributed by atoms with van der Waals surface area (Å²) in [5.74, 6) is -2.92. The lowest BCUT2D eigenvalue weighted by Gasteiger charge is -2.45. The number of carboxylic acid groups (broad SMARTS) is 1. The van der Waals surface area contributed by atoms with Crippen LogP contribution in [0.25, 0.3) is 0 Å². The molecule has 3 amide bonds. The van der Waals surface area contributed by atoms with Gasteiger partial charge in [-0.25, -0.2) is 0 Å². The number of aryl methyl sites for hydroxylation is 1. The maximum absolute atomic E-state index is 14.3. The average molecular weight is 639 g/mol. The predicted octanol–water partition coefficient (Wildman–Crippen LogP) is 3.49. The molecule has 3 aliphatic rings. The zero-order valence-corrected chi connectivity index (χ0v) is 26.9. The van der Waals surface area contributed by atoms with Gasteiger partial charge in [0.25, 0.3) is 0 Å². The van der Waals surface area contributed by atoms with Gasteiger partial charge in [0.15, 0.2) is 0 Å². The van der Waals surface area contributed by atoms with E-state index in [1.54, 1.807) is 37.8 Å². The monoisotopic (exact) mass is 638 g/mol. The number of nitrogens with zero attached hydrogens (tertiary/aromatic N) is 2. The topological polar surface area (TPSA) is 142 Å². The molecule has 10 nitrogen and oxygen atoms in total. The lowest BCUT2D eigenvalue weighted by Crippen LogP contribution is -2.65. The molecule has 11 heteroatoms. The van der Waals surface area contributed by atoms with Crippen molar-refractivity contribution in [3.05, 3.63) is 70.2 Å². The normalized spacial score (nSPS) is 25.4. The summed E-state index contributed by atoms with van der Waals surface area (Å²) < 4.78 is 5.88. The fourth-order valence-electron chi connectivity index (χ4n) is 7.41. The Kier molecular flexibility index (Phi) is 9.58. The molecule has 2 saturated heterocycles. The van der Waals surface area contributed by atoms with Crippen molar-refractivity contribution in [2.45, 2.75) is 88.6 Å². The number of carboxylic acids is 1. The Morgan fingerprint density at radius 1 is 1.11 bits per heavy atom. The zero-order chi connectivity index (χ0) is 32.5. The predicted molar refractivity (Wildman–Crippen MR) is 169 cm³/mol. The number of hydrogen-bond donors (Lipinski definition) is 3. The summed E-state index contributed by atoms with van der Waals surface area (Å²) in [6, 6.07) is 13.6. The number of nitrogens with two attached hydrogens (primary N) is 1. The Bertz CT molecular complexity index is 1450. The van der Waals surface area contributed by atoms with Crippen molar-refractivity contribution < 1.29 is 29.0 Å². The summed E-state index contributed by atoms with van der Waals surface area (Å²) in [5, 5.41) is 13.7. The van der Waals surface area contributed by atoms with Crippen LogP contribution < -0.4 is 11.1 Å². The Hall–Kier alpha value is -3.47. The van der Waals surface area contributed by atoms with Gasteiger partial charge in [0.05, 0.1) is 30.5 Å². The van der Waals surface area contributed by atoms with Gasteiger partial charge in [-0.15, -0.1) is 0 Å². The lowest BCUT2D eigenvalue weighted by molar-refractivity contribution is -0.151. The first-order valence-corrected chi connectivity index (χ1v) is 16.1. The second-order valence-electron chi connectivity index (χ2n) is 13.3. The molecule has 0 saturated carbocycles. The van der Waals surface area contributed by atoms with E-state index in [9.17, 15) is 24.3 Å². The molecule has 0 spiro atoms. The smallest absolute Gasteiger partial charge is 0.304 e. The van der Waals surface area contributed by atoms with Gasteiger partial charge in [-0.2, -0.15) is 0 Å². The molecule has 5 rings (SSSR count). The third-order valence-electron chi connectivity index (χ3n) is 9.53. The molecule has 5 atom stereocenters. The number of rotatable bonds is 9. The molecule has 4 unspecified atom stereocenters. The van der Waals surface area contributed by atoms with E-state index < -0.39 is 41.1 Å². The third-order valence-corrected chi connectivity index (χ3v) is 9.78. The van der Waals surface area contributed by atoms with Crippen molar-refractivity contribution in [3.8, 4) is 0 Å². The summed E-state index contributed by atoms with van der Waals surface area (Å²) in [5.41, 5.74) is 7.16. The fraction of sp³-hybridized carbons (Fsp3) is 0.529. The number of hydrogen-bond acceptors (Lipinski definition) is 6. The highest BCUT2D eigenvalue weighted by molar-refractivity contribution is 6.30. The molecule has 0 aromatic heterocycles. The molecule has 0 radical (unpaired) electrons. The largest absolute Gasteiger partial charge is 0.481 e. The fourth-order valence-corrected chi connectivity index (χ4v) is 7.54. The van der Waals surface area contributed by atoms with Gasteiger partial charge in [-0.1, -0.05) is 48.0 Å². The Morgan fingerprint density at radius 3 is 2.51 bits per heavy atom. The molecule has 1 aliphatic carbocycles. The number of benzene rings is 2. The minimum atomic E-state index is -1.02. The van der Waals surface area contributed by atoms with Crippen LogP contribution >= 0.6 is 11.6 Å². The second-order valence-corrected chi connectivity index (χ2v) is 13.7. The van der Waals surface area contributed by atoms with Crippen LogP contribution in [0.2, 0.25) is 5.02 Å². The second kappa shape index (κ2) is 13.1. The molecule has 2 heterocycles. The average Bonchev–Trinajstić information content (AvgIpc) is 3.56. The van der Waals surface area contributed by atoms with E-state index in [0.717, 1.165) is 23.1 Å². The number of fused-ring (bicyclic) bond motifs is 1. The number of carbonyl (C=O) groups is 4. The van der Waals surface area contributed by atoms with Gasteiger partial charge < -0.3 is 25.8 Å². The third kappa shape index (κ3) is 7.03. The van der Waals surface area contributed by atoms with E-state index in [-0.39, 0.29) is 37.3 Å². The Morgan fingerprint density at radius 2 is 1.82 bits per heavy atom. The van der Waals surface area contributed by atoms with Crippen LogP contribution in [0.15, 0.2) is 48.5 Å². The molecule has 2 aromatic carbocycles.